The highest BCUT2D eigenvalue weighted by molar-refractivity contribution is 5.94. The summed E-state index contributed by atoms with van der Waals surface area (Å²) in [4.78, 5) is 29.9. The number of anilines is 2. The third-order valence-electron chi connectivity index (χ3n) is 5.57. The lowest BCUT2D eigenvalue weighted by Crippen LogP contribution is -2.31. The summed E-state index contributed by atoms with van der Waals surface area (Å²) in [5.41, 5.74) is 0.666. The molecule has 1 fully saturated rings. The van der Waals surface area contributed by atoms with Gasteiger partial charge in [-0.1, -0.05) is 25.0 Å². The van der Waals surface area contributed by atoms with Gasteiger partial charge in [0.1, 0.15) is 23.9 Å². The van der Waals surface area contributed by atoms with E-state index in [0.717, 1.165) is 18.2 Å². The zero-order chi connectivity index (χ0) is 21.8. The molecule has 2 aromatic carbocycles. The Kier molecular flexibility index (Phi) is 6.06. The van der Waals surface area contributed by atoms with Gasteiger partial charge < -0.3 is 20.1 Å². The maximum atomic E-state index is 12.8. The first-order chi connectivity index (χ1) is 15.1. The van der Waals surface area contributed by atoms with Crippen LogP contribution in [0.4, 0.5) is 11.5 Å². The van der Waals surface area contributed by atoms with Crippen molar-refractivity contribution >= 4 is 28.3 Å². The van der Waals surface area contributed by atoms with Crippen LogP contribution in [-0.2, 0) is 11.3 Å². The smallest absolute Gasteiger partial charge is 0.350 e. The third-order valence-corrected chi connectivity index (χ3v) is 5.57. The van der Waals surface area contributed by atoms with Crippen LogP contribution in [0.5, 0.6) is 11.5 Å². The number of amides is 1. The van der Waals surface area contributed by atoms with Crippen molar-refractivity contribution in [3.63, 3.8) is 0 Å². The number of hydrogen-bond acceptors (Lipinski definition) is 6. The molecule has 1 aliphatic rings. The molecule has 0 spiro atoms. The second-order valence-electron chi connectivity index (χ2n) is 7.59. The van der Waals surface area contributed by atoms with Crippen molar-refractivity contribution in [3.8, 4) is 11.5 Å². The van der Waals surface area contributed by atoms with Gasteiger partial charge in [-0.3, -0.25) is 9.36 Å². The number of carbonyl (C=O) groups is 1. The molecule has 0 radical (unpaired) electrons. The zero-order valence-corrected chi connectivity index (χ0v) is 17.7. The summed E-state index contributed by atoms with van der Waals surface area (Å²) in [6.07, 6.45) is 4.51. The van der Waals surface area contributed by atoms with Crippen LogP contribution in [0.15, 0.2) is 47.3 Å². The second-order valence-corrected chi connectivity index (χ2v) is 7.59. The fourth-order valence-corrected chi connectivity index (χ4v) is 4.00. The Bertz CT molecular complexity index is 1150. The topological polar surface area (TPSA) is 94.5 Å². The lowest BCUT2D eigenvalue weighted by Gasteiger charge is -2.17. The average molecular weight is 422 g/mol. The van der Waals surface area contributed by atoms with E-state index < -0.39 is 5.69 Å². The van der Waals surface area contributed by atoms with Gasteiger partial charge >= 0.3 is 5.69 Å². The molecule has 1 aromatic heterocycles. The normalized spacial score (nSPS) is 13.9. The molecule has 1 saturated carbocycles. The van der Waals surface area contributed by atoms with E-state index in [-0.39, 0.29) is 12.5 Å². The number of ether oxygens (including phenoxy) is 2. The summed E-state index contributed by atoms with van der Waals surface area (Å²) < 4.78 is 11.9. The monoisotopic (exact) mass is 422 g/mol. The van der Waals surface area contributed by atoms with Gasteiger partial charge in [0, 0.05) is 17.5 Å². The molecule has 162 valence electrons. The van der Waals surface area contributed by atoms with E-state index in [0.29, 0.717) is 34.6 Å². The molecule has 0 bridgehead atoms. The Morgan fingerprint density at radius 3 is 2.65 bits per heavy atom. The van der Waals surface area contributed by atoms with Crippen LogP contribution in [-0.4, -0.2) is 35.7 Å². The van der Waals surface area contributed by atoms with Crippen LogP contribution in [0.25, 0.3) is 10.9 Å². The number of rotatable bonds is 7. The predicted molar refractivity (Wildman–Crippen MR) is 120 cm³/mol. The van der Waals surface area contributed by atoms with E-state index in [1.807, 2.05) is 24.3 Å². The molecule has 31 heavy (non-hydrogen) atoms. The molecule has 2 N–H and O–H groups in total. The molecule has 8 nitrogen and oxygen atoms in total. The highest BCUT2D eigenvalue weighted by atomic mass is 16.5. The van der Waals surface area contributed by atoms with Crippen molar-refractivity contribution in [2.45, 2.75) is 38.3 Å². The van der Waals surface area contributed by atoms with E-state index in [1.165, 1.54) is 24.5 Å². The van der Waals surface area contributed by atoms with Crippen LogP contribution >= 0.6 is 0 Å². The van der Waals surface area contributed by atoms with Crippen molar-refractivity contribution in [3.05, 3.63) is 52.9 Å². The SMILES string of the molecule is COc1ccc(OC)c(NC(=O)Cn2c(=O)nc(NC3CCCC3)c3ccccc32)c1. The van der Waals surface area contributed by atoms with Crippen molar-refractivity contribution in [2.75, 3.05) is 24.9 Å². The van der Waals surface area contributed by atoms with Crippen LogP contribution in [0, 0.1) is 0 Å². The average Bonchev–Trinajstić information content (AvgIpc) is 3.29. The number of nitrogens with zero attached hydrogens (tertiary/aromatic N) is 2. The number of carbonyl (C=O) groups excluding carboxylic acids is 1. The quantitative estimate of drug-likeness (QED) is 0.606. The first kappa shape index (κ1) is 20.7. The summed E-state index contributed by atoms with van der Waals surface area (Å²) >= 11 is 0. The summed E-state index contributed by atoms with van der Waals surface area (Å²) in [5.74, 6) is 1.30. The van der Waals surface area contributed by atoms with E-state index in [9.17, 15) is 9.59 Å². The molecular formula is C23H26N4O4. The molecule has 0 aliphatic heterocycles. The highest BCUT2D eigenvalue weighted by Crippen LogP contribution is 2.29. The van der Waals surface area contributed by atoms with E-state index >= 15 is 0 Å². The predicted octanol–water partition coefficient (Wildman–Crippen LogP) is 3.41. The Hall–Kier alpha value is -3.55. The molecule has 1 amide bonds. The van der Waals surface area contributed by atoms with Gasteiger partial charge in [-0.15, -0.1) is 0 Å². The molecule has 0 unspecified atom stereocenters. The van der Waals surface area contributed by atoms with E-state index in [2.05, 4.69) is 15.6 Å². The Balaban J connectivity index is 1.62. The number of fused-ring (bicyclic) bond motifs is 1. The summed E-state index contributed by atoms with van der Waals surface area (Å²) in [6.45, 7) is -0.170. The minimum atomic E-state index is -0.466. The van der Waals surface area contributed by atoms with Crippen molar-refractivity contribution in [1.82, 2.24) is 9.55 Å². The van der Waals surface area contributed by atoms with Crippen LogP contribution in [0.3, 0.4) is 0 Å². The molecule has 1 aliphatic carbocycles. The van der Waals surface area contributed by atoms with Gasteiger partial charge in [-0.25, -0.2) is 4.79 Å². The van der Waals surface area contributed by atoms with Crippen LogP contribution in [0.1, 0.15) is 25.7 Å². The lowest BCUT2D eigenvalue weighted by atomic mass is 10.2. The fourth-order valence-electron chi connectivity index (χ4n) is 4.00. The van der Waals surface area contributed by atoms with Crippen molar-refractivity contribution < 1.29 is 14.3 Å². The number of para-hydroxylation sites is 1. The summed E-state index contributed by atoms with van der Waals surface area (Å²) in [7, 11) is 3.07. The van der Waals surface area contributed by atoms with Crippen molar-refractivity contribution in [1.29, 1.82) is 0 Å². The Labute approximate surface area is 180 Å². The van der Waals surface area contributed by atoms with Crippen LogP contribution in [0.2, 0.25) is 0 Å². The van der Waals surface area contributed by atoms with Gasteiger partial charge in [-0.05, 0) is 37.1 Å². The van der Waals surface area contributed by atoms with E-state index in [4.69, 9.17) is 9.47 Å². The second kappa shape index (κ2) is 9.07. The molecule has 0 atom stereocenters. The van der Waals surface area contributed by atoms with Crippen molar-refractivity contribution in [2.24, 2.45) is 0 Å². The molecule has 8 heteroatoms. The molecule has 1 heterocycles. The highest BCUT2D eigenvalue weighted by Gasteiger charge is 2.19. The number of benzene rings is 2. The van der Waals surface area contributed by atoms with Gasteiger partial charge in [0.15, 0.2) is 0 Å². The maximum absolute atomic E-state index is 12.8. The Morgan fingerprint density at radius 2 is 1.90 bits per heavy atom. The Morgan fingerprint density at radius 1 is 1.13 bits per heavy atom. The molecule has 4 rings (SSSR count). The first-order valence-electron chi connectivity index (χ1n) is 10.4. The zero-order valence-electron chi connectivity index (χ0n) is 17.7. The summed E-state index contributed by atoms with van der Waals surface area (Å²) in [5, 5.41) is 7.04. The van der Waals surface area contributed by atoms with E-state index in [1.54, 1.807) is 25.3 Å². The van der Waals surface area contributed by atoms with Gasteiger partial charge in [0.2, 0.25) is 5.91 Å². The largest absolute Gasteiger partial charge is 0.497 e. The maximum Gasteiger partial charge on any atom is 0.350 e. The van der Waals surface area contributed by atoms with Crippen LogP contribution < -0.4 is 25.8 Å². The number of methoxy groups -OCH3 is 2. The van der Waals surface area contributed by atoms with Gasteiger partial charge in [0.25, 0.3) is 0 Å². The number of hydrogen-bond donors (Lipinski definition) is 2. The molecular weight excluding hydrogens is 396 g/mol. The number of aromatic nitrogens is 2. The standard InChI is InChI=1S/C23H26N4O4/c1-30-16-11-12-20(31-2)18(13-16)25-21(28)14-27-19-10-6-5-9-17(19)22(26-23(27)29)24-15-7-3-4-8-15/h5-6,9-13,15H,3-4,7-8,14H2,1-2H3,(H,25,28)(H,24,26,29). The van der Waals surface area contributed by atoms with Gasteiger partial charge in [-0.2, -0.15) is 4.98 Å². The third kappa shape index (κ3) is 4.47. The fraction of sp³-hybridized carbons (Fsp3) is 0.348. The summed E-state index contributed by atoms with van der Waals surface area (Å²) in [6, 6.07) is 12.9. The molecule has 3 aromatic rings. The molecule has 0 saturated heterocycles. The minimum absolute atomic E-state index is 0.170. The lowest BCUT2D eigenvalue weighted by molar-refractivity contribution is -0.116. The number of nitrogens with one attached hydrogen (secondary N) is 2. The first-order valence-corrected chi connectivity index (χ1v) is 10.4. The minimum Gasteiger partial charge on any atom is -0.497 e. The van der Waals surface area contributed by atoms with Gasteiger partial charge in [0.05, 0.1) is 25.4 Å².